The van der Waals surface area contributed by atoms with Crippen molar-refractivity contribution in [3.8, 4) is 28.0 Å². The van der Waals surface area contributed by atoms with Gasteiger partial charge in [0.1, 0.15) is 17.4 Å². The van der Waals surface area contributed by atoms with E-state index in [2.05, 4.69) is 4.98 Å². The summed E-state index contributed by atoms with van der Waals surface area (Å²) in [5.41, 5.74) is 3.11. The van der Waals surface area contributed by atoms with E-state index < -0.39 is 0 Å². The maximum atomic E-state index is 13.1. The van der Waals surface area contributed by atoms with Crippen molar-refractivity contribution in [1.82, 2.24) is 4.98 Å². The van der Waals surface area contributed by atoms with Crippen LogP contribution in [0.25, 0.3) is 22.3 Å². The molecule has 0 unspecified atom stereocenters. The third kappa shape index (κ3) is 2.68. The van der Waals surface area contributed by atoms with Crippen LogP contribution in [-0.4, -0.2) is 12.1 Å². The third-order valence-electron chi connectivity index (χ3n) is 3.41. The minimum absolute atomic E-state index is 0.301. The van der Waals surface area contributed by atoms with E-state index in [1.54, 1.807) is 43.8 Å². The van der Waals surface area contributed by atoms with Crippen LogP contribution in [0.15, 0.2) is 60.9 Å². The number of rotatable bonds is 3. The molecule has 0 aliphatic carbocycles. The Morgan fingerprint density at radius 3 is 1.50 bits per heavy atom. The van der Waals surface area contributed by atoms with Crippen LogP contribution in [0.3, 0.4) is 0 Å². The molecule has 1 aromatic heterocycles. The summed E-state index contributed by atoms with van der Waals surface area (Å²) in [6, 6.07) is 12.2. The number of hydrogen-bond acceptors (Lipinski definition) is 2. The van der Waals surface area contributed by atoms with E-state index in [9.17, 15) is 8.78 Å². The zero-order chi connectivity index (χ0) is 15.5. The van der Waals surface area contributed by atoms with Crippen molar-refractivity contribution in [2.75, 3.05) is 7.11 Å². The Morgan fingerprint density at radius 2 is 1.14 bits per heavy atom. The van der Waals surface area contributed by atoms with Crippen LogP contribution in [0.1, 0.15) is 0 Å². The van der Waals surface area contributed by atoms with Gasteiger partial charge in [-0.25, -0.2) is 8.78 Å². The maximum absolute atomic E-state index is 13.1. The summed E-state index contributed by atoms with van der Waals surface area (Å²) >= 11 is 0. The number of ether oxygens (including phenoxy) is 1. The second-order valence-corrected chi connectivity index (χ2v) is 4.78. The van der Waals surface area contributed by atoms with E-state index in [0.717, 1.165) is 22.3 Å². The molecule has 4 heteroatoms. The zero-order valence-electron chi connectivity index (χ0n) is 11.9. The van der Waals surface area contributed by atoms with Gasteiger partial charge < -0.3 is 4.74 Å². The highest BCUT2D eigenvalue weighted by Crippen LogP contribution is 2.37. The summed E-state index contributed by atoms with van der Waals surface area (Å²) < 4.78 is 31.7. The number of hydrogen-bond donors (Lipinski definition) is 0. The molecule has 3 aromatic rings. The van der Waals surface area contributed by atoms with Crippen molar-refractivity contribution in [3.63, 3.8) is 0 Å². The van der Waals surface area contributed by atoms with Gasteiger partial charge in [-0.05, 0) is 35.4 Å². The van der Waals surface area contributed by atoms with E-state index in [-0.39, 0.29) is 11.6 Å². The molecule has 110 valence electrons. The van der Waals surface area contributed by atoms with Crippen LogP contribution in [0, 0.1) is 11.6 Å². The molecule has 0 N–H and O–H groups in total. The Balaban J connectivity index is 2.15. The van der Waals surface area contributed by atoms with E-state index in [1.165, 1.54) is 24.3 Å². The average Bonchev–Trinajstić information content (AvgIpc) is 2.55. The molecule has 0 radical (unpaired) electrons. The van der Waals surface area contributed by atoms with Gasteiger partial charge in [-0.3, -0.25) is 4.98 Å². The molecular formula is C18H13F2NO. The molecule has 3 rings (SSSR count). The molecule has 22 heavy (non-hydrogen) atoms. The first-order valence-corrected chi connectivity index (χ1v) is 6.73. The molecule has 0 aliphatic rings. The minimum Gasteiger partial charge on any atom is -0.495 e. The molecule has 2 aromatic carbocycles. The van der Waals surface area contributed by atoms with Crippen molar-refractivity contribution in [2.24, 2.45) is 0 Å². The van der Waals surface area contributed by atoms with Gasteiger partial charge in [0.05, 0.1) is 7.11 Å². The molecule has 0 aliphatic heterocycles. The first kappa shape index (κ1) is 14.2. The number of benzene rings is 2. The Morgan fingerprint density at radius 1 is 0.727 bits per heavy atom. The van der Waals surface area contributed by atoms with Crippen molar-refractivity contribution >= 4 is 0 Å². The van der Waals surface area contributed by atoms with E-state index in [4.69, 9.17) is 4.74 Å². The fourth-order valence-electron chi connectivity index (χ4n) is 2.34. The number of nitrogens with zero attached hydrogens (tertiary/aromatic N) is 1. The van der Waals surface area contributed by atoms with Gasteiger partial charge in [0.15, 0.2) is 0 Å². The molecule has 0 spiro atoms. The summed E-state index contributed by atoms with van der Waals surface area (Å²) in [5, 5.41) is 0. The summed E-state index contributed by atoms with van der Waals surface area (Å²) in [7, 11) is 1.56. The van der Waals surface area contributed by atoms with Crippen LogP contribution in [0.5, 0.6) is 5.75 Å². The fraction of sp³-hybridized carbons (Fsp3) is 0.0556. The van der Waals surface area contributed by atoms with Gasteiger partial charge in [-0.1, -0.05) is 24.3 Å². The average molecular weight is 297 g/mol. The van der Waals surface area contributed by atoms with Crippen LogP contribution in [0.4, 0.5) is 8.78 Å². The third-order valence-corrected chi connectivity index (χ3v) is 3.41. The summed E-state index contributed by atoms with van der Waals surface area (Å²) in [6.45, 7) is 0. The van der Waals surface area contributed by atoms with Crippen molar-refractivity contribution in [1.29, 1.82) is 0 Å². The number of halogens is 2. The molecule has 0 saturated heterocycles. The molecular weight excluding hydrogens is 284 g/mol. The number of aromatic nitrogens is 1. The van der Waals surface area contributed by atoms with Gasteiger partial charge in [-0.2, -0.15) is 0 Å². The quantitative estimate of drug-likeness (QED) is 0.699. The molecule has 0 bridgehead atoms. The van der Waals surface area contributed by atoms with Crippen LogP contribution in [-0.2, 0) is 0 Å². The van der Waals surface area contributed by atoms with E-state index >= 15 is 0 Å². The molecule has 1 heterocycles. The lowest BCUT2D eigenvalue weighted by atomic mass is 10.00. The van der Waals surface area contributed by atoms with Crippen LogP contribution in [0.2, 0.25) is 0 Å². The van der Waals surface area contributed by atoms with Crippen LogP contribution >= 0.6 is 0 Å². The predicted octanol–water partition coefficient (Wildman–Crippen LogP) is 4.70. The maximum Gasteiger partial charge on any atom is 0.137 e. The summed E-state index contributed by atoms with van der Waals surface area (Å²) in [4.78, 5) is 4.22. The van der Waals surface area contributed by atoms with Gasteiger partial charge >= 0.3 is 0 Å². The molecule has 0 amide bonds. The Hall–Kier alpha value is -2.75. The Labute approximate surface area is 127 Å². The first-order valence-electron chi connectivity index (χ1n) is 6.73. The largest absolute Gasteiger partial charge is 0.495 e. The second kappa shape index (κ2) is 5.93. The predicted molar refractivity (Wildman–Crippen MR) is 81.6 cm³/mol. The van der Waals surface area contributed by atoms with Crippen molar-refractivity contribution < 1.29 is 13.5 Å². The standard InChI is InChI=1S/C18H13F2NO/c1-22-18-16(12-2-6-14(19)7-3-12)10-21-11-17(18)13-4-8-15(20)9-5-13/h2-11H,1H3. The fourth-order valence-corrected chi connectivity index (χ4v) is 2.34. The topological polar surface area (TPSA) is 22.1 Å². The van der Waals surface area contributed by atoms with Gasteiger partial charge in [-0.15, -0.1) is 0 Å². The zero-order valence-corrected chi connectivity index (χ0v) is 11.9. The lowest BCUT2D eigenvalue weighted by molar-refractivity contribution is 0.417. The Kier molecular flexibility index (Phi) is 3.83. The van der Waals surface area contributed by atoms with Gasteiger partial charge in [0.2, 0.25) is 0 Å². The molecule has 0 saturated carbocycles. The normalized spacial score (nSPS) is 10.5. The van der Waals surface area contributed by atoms with Crippen LogP contribution < -0.4 is 4.74 Å². The van der Waals surface area contributed by atoms with Crippen molar-refractivity contribution in [3.05, 3.63) is 72.6 Å². The highest BCUT2D eigenvalue weighted by Gasteiger charge is 2.13. The monoisotopic (exact) mass is 297 g/mol. The highest BCUT2D eigenvalue weighted by atomic mass is 19.1. The second-order valence-electron chi connectivity index (χ2n) is 4.78. The summed E-state index contributed by atoms with van der Waals surface area (Å²) in [6.07, 6.45) is 3.33. The first-order chi connectivity index (χ1) is 10.7. The number of methoxy groups -OCH3 is 1. The van der Waals surface area contributed by atoms with Gasteiger partial charge in [0.25, 0.3) is 0 Å². The highest BCUT2D eigenvalue weighted by molar-refractivity contribution is 5.81. The molecule has 2 nitrogen and oxygen atoms in total. The molecule has 0 atom stereocenters. The number of pyridine rings is 1. The van der Waals surface area contributed by atoms with E-state index in [0.29, 0.717) is 5.75 Å². The minimum atomic E-state index is -0.301. The van der Waals surface area contributed by atoms with E-state index in [1.807, 2.05) is 0 Å². The SMILES string of the molecule is COc1c(-c2ccc(F)cc2)cncc1-c1ccc(F)cc1. The summed E-state index contributed by atoms with van der Waals surface area (Å²) in [5.74, 6) is 0.0175. The Bertz CT molecular complexity index is 719. The van der Waals surface area contributed by atoms with Crippen molar-refractivity contribution in [2.45, 2.75) is 0 Å². The lowest BCUT2D eigenvalue weighted by Gasteiger charge is -2.13. The van der Waals surface area contributed by atoms with Gasteiger partial charge in [0, 0.05) is 23.5 Å². The lowest BCUT2D eigenvalue weighted by Crippen LogP contribution is -1.94. The molecule has 0 fully saturated rings. The smallest absolute Gasteiger partial charge is 0.137 e.